The summed E-state index contributed by atoms with van der Waals surface area (Å²) in [7, 11) is 0. The van der Waals surface area contributed by atoms with E-state index in [1.165, 1.54) is 104 Å². The quantitative estimate of drug-likeness (QED) is 0.0273. The maximum atomic E-state index is 11.9. The van der Waals surface area contributed by atoms with E-state index in [4.69, 9.17) is 18.9 Å². The molecule has 2 rings (SSSR count). The zero-order valence-electron chi connectivity index (χ0n) is 41.2. The van der Waals surface area contributed by atoms with Gasteiger partial charge in [0.25, 0.3) is 0 Å². The molecule has 0 aromatic heterocycles. The van der Waals surface area contributed by atoms with Gasteiger partial charge in [-0.3, -0.25) is 9.59 Å². The maximum Gasteiger partial charge on any atom is 2.00 e. The molecule has 0 aliphatic carbocycles. The number of esters is 2. The smallest absolute Gasteiger partial charge is 0.550 e. The average molecular weight is 1030 g/mol. The Balaban J connectivity index is 0.00000124. The number of carboxylic acid groups (broad SMARTS) is 2. The summed E-state index contributed by atoms with van der Waals surface area (Å²) in [6, 6.07) is 19.8. The molecule has 10 nitrogen and oxygen atoms in total. The van der Waals surface area contributed by atoms with Crippen LogP contribution in [0.2, 0.25) is 0 Å². The fourth-order valence-corrected chi connectivity index (χ4v) is 7.99. The summed E-state index contributed by atoms with van der Waals surface area (Å²) >= 11 is 0. The van der Waals surface area contributed by atoms with E-state index in [-0.39, 0.29) is 73.7 Å². The molecule has 0 radical (unpaired) electrons. The topological polar surface area (TPSA) is 151 Å². The Labute approximate surface area is 434 Å². The molecule has 0 bridgehead atoms. The summed E-state index contributed by atoms with van der Waals surface area (Å²) in [4.78, 5) is 45.2. The number of benzene rings is 2. The minimum absolute atomic E-state index is 0. The molecule has 2 unspecified atom stereocenters. The third-order valence-electron chi connectivity index (χ3n) is 11.5. The van der Waals surface area contributed by atoms with Crippen molar-refractivity contribution in [3.05, 3.63) is 71.8 Å². The molecule has 0 amide bonds. The molecule has 0 saturated carbocycles. The van der Waals surface area contributed by atoms with Gasteiger partial charge in [-0.25, -0.2) is 0 Å². The molecule has 65 heavy (non-hydrogen) atoms. The Morgan fingerprint density at radius 1 is 0.415 bits per heavy atom. The number of aliphatic carboxylic acids is 2. The fourth-order valence-electron chi connectivity index (χ4n) is 7.99. The van der Waals surface area contributed by atoms with Gasteiger partial charge in [-0.1, -0.05) is 190 Å². The SMILES string of the molecule is CCCCCCCCCCCC(CCCCCC(=O)[O-])(OCc1ccccc1)OC(C)=O.CCCCCCCCCCCC(CCCCCC(=O)[O-])(OCc1ccccc1)OC(C)=O.[Ba+2]. The number of carboxylic acids is 2. The summed E-state index contributed by atoms with van der Waals surface area (Å²) in [5, 5.41) is 21.3. The van der Waals surface area contributed by atoms with Crippen molar-refractivity contribution in [2.75, 3.05) is 0 Å². The Hall–Kier alpha value is -2.19. The molecule has 0 spiro atoms. The van der Waals surface area contributed by atoms with Gasteiger partial charge in [0.1, 0.15) is 0 Å². The zero-order valence-corrected chi connectivity index (χ0v) is 45.6. The number of unbranched alkanes of at least 4 members (excludes halogenated alkanes) is 20. The molecule has 0 heterocycles. The van der Waals surface area contributed by atoms with Gasteiger partial charge in [0.2, 0.25) is 11.6 Å². The zero-order chi connectivity index (χ0) is 47.0. The largest absolute Gasteiger partial charge is 2.00 e. The molecule has 11 heteroatoms. The van der Waals surface area contributed by atoms with Crippen LogP contribution in [-0.4, -0.2) is 84.3 Å². The molecule has 0 aliphatic heterocycles. The first-order valence-electron chi connectivity index (χ1n) is 25.1. The van der Waals surface area contributed by atoms with Crippen LogP contribution >= 0.6 is 0 Å². The predicted molar refractivity (Wildman–Crippen MR) is 257 cm³/mol. The van der Waals surface area contributed by atoms with E-state index >= 15 is 0 Å². The Morgan fingerprint density at radius 2 is 0.677 bits per heavy atom. The minimum atomic E-state index is -1.02. The van der Waals surface area contributed by atoms with E-state index in [2.05, 4.69) is 13.8 Å². The van der Waals surface area contributed by atoms with Crippen LogP contribution in [0.4, 0.5) is 0 Å². The molecular weight excluding hydrogens is 946 g/mol. The first kappa shape index (κ1) is 62.8. The number of ether oxygens (including phenoxy) is 4. The van der Waals surface area contributed by atoms with E-state index in [9.17, 15) is 29.4 Å². The second-order valence-electron chi connectivity index (χ2n) is 17.6. The summed E-state index contributed by atoms with van der Waals surface area (Å²) in [6.45, 7) is 8.08. The summed E-state index contributed by atoms with van der Waals surface area (Å²) in [5.74, 6) is -4.64. The van der Waals surface area contributed by atoms with E-state index in [1.54, 1.807) is 0 Å². The van der Waals surface area contributed by atoms with Crippen molar-refractivity contribution in [2.45, 2.75) is 245 Å². The second-order valence-corrected chi connectivity index (χ2v) is 17.6. The normalized spacial score (nSPS) is 12.7. The third-order valence-corrected chi connectivity index (χ3v) is 11.5. The first-order valence-corrected chi connectivity index (χ1v) is 25.1. The molecule has 364 valence electrons. The van der Waals surface area contributed by atoms with Crippen LogP contribution in [0.5, 0.6) is 0 Å². The van der Waals surface area contributed by atoms with E-state index in [0.717, 1.165) is 62.5 Å². The molecule has 0 fully saturated rings. The van der Waals surface area contributed by atoms with Gasteiger partial charge in [0, 0.05) is 51.5 Å². The van der Waals surface area contributed by atoms with Gasteiger partial charge >= 0.3 is 60.8 Å². The predicted octanol–water partition coefficient (Wildman–Crippen LogP) is 11.8. The summed E-state index contributed by atoms with van der Waals surface area (Å²) in [5.41, 5.74) is 2.07. The minimum Gasteiger partial charge on any atom is -0.550 e. The van der Waals surface area contributed by atoms with Crippen molar-refractivity contribution in [1.29, 1.82) is 0 Å². The molecule has 2 aromatic carbocycles. The average Bonchev–Trinajstić information content (AvgIpc) is 3.26. The van der Waals surface area contributed by atoms with Crippen LogP contribution in [0.3, 0.4) is 0 Å². The Bertz CT molecular complexity index is 1350. The van der Waals surface area contributed by atoms with E-state index in [1.807, 2.05) is 60.7 Å². The van der Waals surface area contributed by atoms with Gasteiger partial charge in [0.15, 0.2) is 0 Å². The number of rotatable bonds is 40. The van der Waals surface area contributed by atoms with Gasteiger partial charge in [-0.05, 0) is 62.5 Å². The van der Waals surface area contributed by atoms with Gasteiger partial charge in [-0.15, -0.1) is 0 Å². The van der Waals surface area contributed by atoms with Gasteiger partial charge < -0.3 is 38.7 Å². The Kier molecular flexibility index (Phi) is 40.5. The first-order chi connectivity index (χ1) is 30.9. The van der Waals surface area contributed by atoms with Crippen molar-refractivity contribution in [1.82, 2.24) is 0 Å². The summed E-state index contributed by atoms with van der Waals surface area (Å²) in [6.07, 6.45) is 28.7. The number of carbonyl (C=O) groups is 4. The fraction of sp³-hybridized carbons (Fsp3) is 0.704. The van der Waals surface area contributed by atoms with Crippen LogP contribution in [0.25, 0.3) is 0 Å². The number of hydrogen-bond donors (Lipinski definition) is 0. The van der Waals surface area contributed by atoms with Crippen LogP contribution in [-0.2, 0) is 51.3 Å². The van der Waals surface area contributed by atoms with Gasteiger partial charge in [-0.2, -0.15) is 0 Å². The molecular formula is C54H86BaO10. The van der Waals surface area contributed by atoms with Crippen LogP contribution in [0.1, 0.15) is 231 Å². The standard InChI is InChI=1S/2C27H44O5.Ba/c2*1-3-4-5-6-7-8-9-10-16-21-27(32-24(2)28,22-17-12-15-20-26(29)30)31-23-25-18-13-11-14-19-25;/h2*11,13-14,18-19H,3-10,12,15-17,20-23H2,1-2H3,(H,29,30);/q;;+2/p-2. The summed E-state index contributed by atoms with van der Waals surface area (Å²) < 4.78 is 24.0. The Morgan fingerprint density at radius 3 is 0.938 bits per heavy atom. The monoisotopic (exact) mass is 1030 g/mol. The van der Waals surface area contributed by atoms with Crippen LogP contribution in [0, 0.1) is 0 Å². The van der Waals surface area contributed by atoms with Crippen molar-refractivity contribution in [3.63, 3.8) is 0 Å². The third kappa shape index (κ3) is 36.5. The van der Waals surface area contributed by atoms with Crippen molar-refractivity contribution < 1.29 is 48.3 Å². The van der Waals surface area contributed by atoms with Crippen LogP contribution in [0.15, 0.2) is 60.7 Å². The van der Waals surface area contributed by atoms with Crippen LogP contribution < -0.4 is 10.2 Å². The molecule has 0 N–H and O–H groups in total. The van der Waals surface area contributed by atoms with Crippen molar-refractivity contribution >= 4 is 72.8 Å². The van der Waals surface area contributed by atoms with E-state index < -0.39 is 23.5 Å². The maximum absolute atomic E-state index is 11.9. The van der Waals surface area contributed by atoms with Crippen molar-refractivity contribution in [2.24, 2.45) is 0 Å². The molecule has 2 atom stereocenters. The van der Waals surface area contributed by atoms with E-state index in [0.29, 0.717) is 51.7 Å². The molecule has 0 saturated heterocycles. The molecule has 0 aliphatic rings. The molecule has 2 aromatic rings. The second kappa shape index (κ2) is 42.0. The number of hydrogen-bond acceptors (Lipinski definition) is 10. The number of carbonyl (C=O) groups excluding carboxylic acids is 4. The van der Waals surface area contributed by atoms with Crippen molar-refractivity contribution in [3.8, 4) is 0 Å². The van der Waals surface area contributed by atoms with Gasteiger partial charge in [0.05, 0.1) is 13.2 Å².